The van der Waals surface area contributed by atoms with Crippen molar-refractivity contribution in [2.24, 2.45) is 5.92 Å². The van der Waals surface area contributed by atoms with Crippen LogP contribution in [0, 0.1) is 5.92 Å². The van der Waals surface area contributed by atoms with Crippen LogP contribution in [0.15, 0.2) is 0 Å². The molecular weight excluding hydrogens is 326 g/mol. The molecule has 5 nitrogen and oxygen atoms in total. The lowest BCUT2D eigenvalue weighted by molar-refractivity contribution is -0.142. The minimum absolute atomic E-state index is 0.221. The van der Waals surface area contributed by atoms with E-state index in [2.05, 4.69) is 9.80 Å². The summed E-state index contributed by atoms with van der Waals surface area (Å²) in [6.45, 7) is 7.72. The Bertz CT molecular complexity index is 452. The topological polar surface area (TPSA) is 36.0 Å². The molecule has 3 aliphatic heterocycles. The van der Waals surface area contributed by atoms with E-state index in [1.807, 2.05) is 4.90 Å². The number of amides is 1. The van der Waals surface area contributed by atoms with Gasteiger partial charge in [-0.05, 0) is 58.2 Å². The molecular formula is C21H37N3O2. The number of nitrogens with zero attached hydrogens (tertiary/aromatic N) is 3. The van der Waals surface area contributed by atoms with Crippen LogP contribution in [0.3, 0.4) is 0 Å². The van der Waals surface area contributed by atoms with Crippen molar-refractivity contribution in [1.82, 2.24) is 14.7 Å². The zero-order chi connectivity index (χ0) is 17.8. The third kappa shape index (κ3) is 4.42. The van der Waals surface area contributed by atoms with Crippen molar-refractivity contribution in [2.45, 2.75) is 69.9 Å². The summed E-state index contributed by atoms with van der Waals surface area (Å²) in [5.41, 5.74) is 0. The van der Waals surface area contributed by atoms with E-state index in [9.17, 15) is 4.79 Å². The van der Waals surface area contributed by atoms with Gasteiger partial charge in [0.05, 0.1) is 19.1 Å². The molecule has 1 aliphatic carbocycles. The predicted molar refractivity (Wildman–Crippen MR) is 103 cm³/mol. The van der Waals surface area contributed by atoms with Gasteiger partial charge in [-0.15, -0.1) is 0 Å². The molecule has 3 saturated heterocycles. The highest BCUT2D eigenvalue weighted by molar-refractivity contribution is 5.79. The minimum Gasteiger partial charge on any atom is -0.378 e. The Hall–Kier alpha value is -0.650. The molecule has 3 heterocycles. The highest BCUT2D eigenvalue weighted by Gasteiger charge is 2.34. The number of hydrogen-bond donors (Lipinski definition) is 0. The monoisotopic (exact) mass is 363 g/mol. The zero-order valence-corrected chi connectivity index (χ0v) is 16.4. The number of likely N-dealkylation sites (tertiary alicyclic amines) is 2. The van der Waals surface area contributed by atoms with Crippen molar-refractivity contribution in [1.29, 1.82) is 0 Å². The first kappa shape index (κ1) is 18.7. The Morgan fingerprint density at radius 1 is 0.692 bits per heavy atom. The molecule has 148 valence electrons. The van der Waals surface area contributed by atoms with Crippen LogP contribution in [0.5, 0.6) is 0 Å². The van der Waals surface area contributed by atoms with Gasteiger partial charge in [0.2, 0.25) is 5.91 Å². The molecule has 26 heavy (non-hydrogen) atoms. The molecule has 4 aliphatic rings. The predicted octanol–water partition coefficient (Wildman–Crippen LogP) is 2.35. The molecule has 0 aromatic carbocycles. The molecule has 0 bridgehead atoms. The van der Waals surface area contributed by atoms with Crippen molar-refractivity contribution in [3.63, 3.8) is 0 Å². The molecule has 5 heteroatoms. The largest absolute Gasteiger partial charge is 0.378 e. The van der Waals surface area contributed by atoms with Gasteiger partial charge in [-0.3, -0.25) is 9.69 Å². The van der Waals surface area contributed by atoms with Crippen molar-refractivity contribution >= 4 is 5.91 Å². The summed E-state index contributed by atoms with van der Waals surface area (Å²) in [6.07, 6.45) is 12.0. The molecule has 4 rings (SSSR count). The highest BCUT2D eigenvalue weighted by Crippen LogP contribution is 2.29. The SMILES string of the molecule is O=C([C@@H]1CCCN(C2CCN(C3CCCCC3)CC2)C1)N1CCOCC1. The number of hydrogen-bond acceptors (Lipinski definition) is 4. The third-order valence-electron chi connectivity index (χ3n) is 7.23. The van der Waals surface area contributed by atoms with Gasteiger partial charge >= 0.3 is 0 Å². The molecule has 0 aromatic rings. The van der Waals surface area contributed by atoms with E-state index in [0.717, 1.165) is 32.1 Å². The Morgan fingerprint density at radius 3 is 2.12 bits per heavy atom. The van der Waals surface area contributed by atoms with Crippen LogP contribution >= 0.6 is 0 Å². The minimum atomic E-state index is 0.221. The Kier molecular flexibility index (Phi) is 6.49. The van der Waals surface area contributed by atoms with Crippen LogP contribution in [-0.2, 0) is 9.53 Å². The molecule has 1 amide bonds. The number of morpholine rings is 1. The first-order chi connectivity index (χ1) is 12.8. The number of carbonyl (C=O) groups excluding carboxylic acids is 1. The van der Waals surface area contributed by atoms with E-state index >= 15 is 0 Å². The standard InChI is InChI=1S/C21H37N3O2/c25-21(23-13-15-26-16-14-23)18-5-4-10-24(17-18)20-8-11-22(12-9-20)19-6-2-1-3-7-19/h18-20H,1-17H2/t18-/m1/s1. The fourth-order valence-corrected chi connectivity index (χ4v) is 5.64. The van der Waals surface area contributed by atoms with E-state index < -0.39 is 0 Å². The number of rotatable bonds is 3. The van der Waals surface area contributed by atoms with Gasteiger partial charge in [0, 0.05) is 31.7 Å². The van der Waals surface area contributed by atoms with Crippen molar-refractivity contribution in [3.05, 3.63) is 0 Å². The summed E-state index contributed by atoms with van der Waals surface area (Å²) in [7, 11) is 0. The van der Waals surface area contributed by atoms with Crippen molar-refractivity contribution < 1.29 is 9.53 Å². The van der Waals surface area contributed by atoms with Gasteiger partial charge in [0.1, 0.15) is 0 Å². The lowest BCUT2D eigenvalue weighted by atomic mass is 9.90. The Labute approximate surface area is 159 Å². The Morgan fingerprint density at radius 2 is 1.38 bits per heavy atom. The molecule has 0 N–H and O–H groups in total. The van der Waals surface area contributed by atoms with Crippen LogP contribution in [0.2, 0.25) is 0 Å². The molecule has 1 atom stereocenters. The van der Waals surface area contributed by atoms with Gasteiger partial charge in [0.25, 0.3) is 0 Å². The number of piperidine rings is 2. The van der Waals surface area contributed by atoms with Gasteiger partial charge in [-0.25, -0.2) is 0 Å². The first-order valence-electron chi connectivity index (χ1n) is 11.2. The fraction of sp³-hybridized carbons (Fsp3) is 0.952. The van der Waals surface area contributed by atoms with E-state index in [1.54, 1.807) is 0 Å². The zero-order valence-electron chi connectivity index (χ0n) is 16.4. The fourth-order valence-electron chi connectivity index (χ4n) is 5.64. The normalized spacial score (nSPS) is 31.2. The van der Waals surface area contributed by atoms with Crippen LogP contribution in [0.1, 0.15) is 57.8 Å². The Balaban J connectivity index is 1.26. The highest BCUT2D eigenvalue weighted by atomic mass is 16.5. The lowest BCUT2D eigenvalue weighted by Gasteiger charge is -2.45. The first-order valence-corrected chi connectivity index (χ1v) is 11.2. The summed E-state index contributed by atoms with van der Waals surface area (Å²) >= 11 is 0. The smallest absolute Gasteiger partial charge is 0.227 e. The molecule has 0 radical (unpaired) electrons. The van der Waals surface area contributed by atoms with Crippen LogP contribution in [0.25, 0.3) is 0 Å². The van der Waals surface area contributed by atoms with Crippen LogP contribution < -0.4 is 0 Å². The second-order valence-electron chi connectivity index (χ2n) is 8.83. The maximum atomic E-state index is 12.9. The van der Waals surface area contributed by atoms with E-state index in [4.69, 9.17) is 4.74 Å². The van der Waals surface area contributed by atoms with Crippen molar-refractivity contribution in [2.75, 3.05) is 52.5 Å². The maximum Gasteiger partial charge on any atom is 0.227 e. The molecule has 4 fully saturated rings. The molecule has 0 unspecified atom stereocenters. The average molecular weight is 364 g/mol. The number of ether oxygens (including phenoxy) is 1. The third-order valence-corrected chi connectivity index (χ3v) is 7.23. The summed E-state index contributed by atoms with van der Waals surface area (Å²) in [5.74, 6) is 0.607. The van der Waals surface area contributed by atoms with Crippen LogP contribution in [-0.4, -0.2) is 85.2 Å². The molecule has 0 aromatic heterocycles. The van der Waals surface area contributed by atoms with Gasteiger partial charge in [-0.1, -0.05) is 19.3 Å². The summed E-state index contributed by atoms with van der Waals surface area (Å²) < 4.78 is 5.40. The van der Waals surface area contributed by atoms with E-state index in [-0.39, 0.29) is 5.92 Å². The summed E-state index contributed by atoms with van der Waals surface area (Å²) in [5, 5.41) is 0. The summed E-state index contributed by atoms with van der Waals surface area (Å²) in [4.78, 5) is 20.4. The maximum absolute atomic E-state index is 12.9. The lowest BCUT2D eigenvalue weighted by Crippen LogP contribution is -2.53. The van der Waals surface area contributed by atoms with Gasteiger partial charge < -0.3 is 14.5 Å². The molecule has 0 spiro atoms. The van der Waals surface area contributed by atoms with Crippen molar-refractivity contribution in [3.8, 4) is 0 Å². The second kappa shape index (κ2) is 9.03. The summed E-state index contributed by atoms with van der Waals surface area (Å²) in [6, 6.07) is 1.57. The van der Waals surface area contributed by atoms with E-state index in [0.29, 0.717) is 25.2 Å². The van der Waals surface area contributed by atoms with Gasteiger partial charge in [0.15, 0.2) is 0 Å². The van der Waals surface area contributed by atoms with Crippen LogP contribution in [0.4, 0.5) is 0 Å². The van der Waals surface area contributed by atoms with Gasteiger partial charge in [-0.2, -0.15) is 0 Å². The average Bonchev–Trinajstić information content (AvgIpc) is 2.75. The quantitative estimate of drug-likeness (QED) is 0.771. The second-order valence-corrected chi connectivity index (χ2v) is 8.83. The molecule has 1 saturated carbocycles. The number of carbonyl (C=O) groups is 1. The van der Waals surface area contributed by atoms with E-state index in [1.165, 1.54) is 71.0 Å².